The summed E-state index contributed by atoms with van der Waals surface area (Å²) in [6, 6.07) is 8.93. The van der Waals surface area contributed by atoms with Crippen LogP contribution in [0.15, 0.2) is 42.5 Å². The average molecular weight is 411 g/mol. The summed E-state index contributed by atoms with van der Waals surface area (Å²) in [4.78, 5) is 23.1. The van der Waals surface area contributed by atoms with E-state index in [9.17, 15) is 18.4 Å². The average Bonchev–Trinajstić information content (AvgIpc) is 2.62. The second-order valence-corrected chi connectivity index (χ2v) is 5.89. The van der Waals surface area contributed by atoms with E-state index in [2.05, 4.69) is 15.4 Å². The van der Waals surface area contributed by atoms with Crippen molar-refractivity contribution in [3.8, 4) is 11.5 Å². The van der Waals surface area contributed by atoms with Gasteiger partial charge in [0, 0.05) is 18.7 Å². The fourth-order valence-corrected chi connectivity index (χ4v) is 2.45. The smallest absolute Gasteiger partial charge is 0.387 e. The molecule has 9 heteroatoms. The summed E-state index contributed by atoms with van der Waals surface area (Å²) < 4.78 is 34.0. The number of halogens is 3. The van der Waals surface area contributed by atoms with Crippen molar-refractivity contribution in [3.05, 3.63) is 53.1 Å². The Labute approximate surface area is 165 Å². The fraction of sp³-hybridized carbons (Fsp3) is 0.158. The molecule has 0 fully saturated rings. The molecule has 0 aliphatic rings. The molecule has 148 valence electrons. The number of hydrogen-bond donors (Lipinski definition) is 2. The number of rotatable bonds is 7. The Morgan fingerprint density at radius 1 is 1.11 bits per heavy atom. The highest BCUT2D eigenvalue weighted by Gasteiger charge is 2.10. The van der Waals surface area contributed by atoms with Crippen LogP contribution in [0.2, 0.25) is 5.02 Å². The van der Waals surface area contributed by atoms with Crippen LogP contribution in [0, 0.1) is 0 Å². The highest BCUT2D eigenvalue weighted by molar-refractivity contribution is 6.34. The summed E-state index contributed by atoms with van der Waals surface area (Å²) in [5, 5.41) is 5.44. The molecule has 0 aliphatic heterocycles. The van der Waals surface area contributed by atoms with Gasteiger partial charge in [0.2, 0.25) is 11.8 Å². The minimum absolute atomic E-state index is 0.106. The highest BCUT2D eigenvalue weighted by Crippen LogP contribution is 2.30. The topological polar surface area (TPSA) is 76.7 Å². The predicted molar refractivity (Wildman–Crippen MR) is 103 cm³/mol. The first-order valence-corrected chi connectivity index (χ1v) is 8.35. The maximum atomic E-state index is 12.3. The van der Waals surface area contributed by atoms with E-state index in [-0.39, 0.29) is 22.4 Å². The molecular weight excluding hydrogens is 394 g/mol. The van der Waals surface area contributed by atoms with Crippen molar-refractivity contribution >= 4 is 40.9 Å². The van der Waals surface area contributed by atoms with E-state index in [0.717, 1.165) is 0 Å². The molecule has 6 nitrogen and oxygen atoms in total. The van der Waals surface area contributed by atoms with Gasteiger partial charge < -0.3 is 20.1 Å². The Balaban J connectivity index is 2.06. The number of anilines is 2. The molecule has 0 radical (unpaired) electrons. The van der Waals surface area contributed by atoms with Crippen LogP contribution in [-0.4, -0.2) is 25.5 Å². The number of alkyl halides is 2. The van der Waals surface area contributed by atoms with Crippen molar-refractivity contribution in [1.82, 2.24) is 0 Å². The van der Waals surface area contributed by atoms with E-state index in [1.54, 1.807) is 12.1 Å². The lowest BCUT2D eigenvalue weighted by molar-refractivity contribution is -0.114. The maximum Gasteiger partial charge on any atom is 0.387 e. The minimum atomic E-state index is -2.97. The zero-order valence-corrected chi connectivity index (χ0v) is 15.7. The van der Waals surface area contributed by atoms with Crippen LogP contribution in [0.5, 0.6) is 11.5 Å². The SMILES string of the molecule is COc1cc(/C=C/C(=O)Nc2ccc(NC(C)=O)cc2Cl)ccc1OC(F)F. The van der Waals surface area contributed by atoms with E-state index in [1.165, 1.54) is 50.5 Å². The summed E-state index contributed by atoms with van der Waals surface area (Å²) in [5.74, 6) is -0.693. The van der Waals surface area contributed by atoms with Crippen molar-refractivity contribution in [1.29, 1.82) is 0 Å². The molecule has 0 bridgehead atoms. The number of nitrogens with one attached hydrogen (secondary N) is 2. The normalized spacial score (nSPS) is 10.8. The van der Waals surface area contributed by atoms with Gasteiger partial charge in [0.1, 0.15) is 0 Å². The first kappa shape index (κ1) is 21.2. The van der Waals surface area contributed by atoms with Crippen LogP contribution in [0.3, 0.4) is 0 Å². The van der Waals surface area contributed by atoms with Gasteiger partial charge >= 0.3 is 6.61 Å². The van der Waals surface area contributed by atoms with Crippen LogP contribution in [0.1, 0.15) is 12.5 Å². The van der Waals surface area contributed by atoms with E-state index in [1.807, 2.05) is 0 Å². The van der Waals surface area contributed by atoms with Crippen LogP contribution in [-0.2, 0) is 9.59 Å². The lowest BCUT2D eigenvalue weighted by atomic mass is 10.2. The van der Waals surface area contributed by atoms with Gasteiger partial charge in [0.05, 0.1) is 17.8 Å². The molecule has 0 aliphatic carbocycles. The number of carbonyl (C=O) groups is 2. The first-order valence-electron chi connectivity index (χ1n) is 7.97. The molecule has 2 aromatic rings. The largest absolute Gasteiger partial charge is 0.493 e. The van der Waals surface area contributed by atoms with Gasteiger partial charge in [-0.2, -0.15) is 8.78 Å². The third-order valence-corrected chi connectivity index (χ3v) is 3.69. The molecule has 0 spiro atoms. The maximum absolute atomic E-state index is 12.3. The van der Waals surface area contributed by atoms with Crippen LogP contribution < -0.4 is 20.1 Å². The molecule has 0 unspecified atom stereocenters. The third kappa shape index (κ3) is 6.24. The Bertz CT molecular complexity index is 903. The van der Waals surface area contributed by atoms with Crippen molar-refractivity contribution in [2.75, 3.05) is 17.7 Å². The fourth-order valence-electron chi connectivity index (χ4n) is 2.22. The number of amides is 2. The monoisotopic (exact) mass is 410 g/mol. The van der Waals surface area contributed by atoms with Crippen molar-refractivity contribution < 1.29 is 27.8 Å². The van der Waals surface area contributed by atoms with E-state index < -0.39 is 12.5 Å². The van der Waals surface area contributed by atoms with Gasteiger partial charge in [-0.3, -0.25) is 9.59 Å². The number of ether oxygens (including phenoxy) is 2. The quantitative estimate of drug-likeness (QED) is 0.656. The minimum Gasteiger partial charge on any atom is -0.493 e. The van der Waals surface area contributed by atoms with Crippen LogP contribution in [0.4, 0.5) is 20.2 Å². The molecule has 2 N–H and O–H groups in total. The molecule has 0 heterocycles. The zero-order valence-electron chi connectivity index (χ0n) is 15.0. The number of hydrogen-bond acceptors (Lipinski definition) is 4. The van der Waals surface area contributed by atoms with E-state index in [0.29, 0.717) is 16.9 Å². The molecule has 0 aromatic heterocycles. The lowest BCUT2D eigenvalue weighted by Crippen LogP contribution is -2.09. The van der Waals surface area contributed by atoms with E-state index >= 15 is 0 Å². The molecule has 0 atom stereocenters. The lowest BCUT2D eigenvalue weighted by Gasteiger charge is -2.10. The summed E-state index contributed by atoms with van der Waals surface area (Å²) in [5.41, 5.74) is 1.41. The van der Waals surface area contributed by atoms with Crippen molar-refractivity contribution in [2.24, 2.45) is 0 Å². The van der Waals surface area contributed by atoms with Gasteiger partial charge in [0.15, 0.2) is 11.5 Å². The molecule has 2 aromatic carbocycles. The predicted octanol–water partition coefficient (Wildman–Crippen LogP) is 4.56. The second kappa shape index (κ2) is 9.70. The molecule has 28 heavy (non-hydrogen) atoms. The molecule has 0 saturated heterocycles. The van der Waals surface area contributed by atoms with Gasteiger partial charge in [-0.1, -0.05) is 17.7 Å². The summed E-state index contributed by atoms with van der Waals surface area (Å²) >= 11 is 6.09. The number of benzene rings is 2. The Kier molecular flexibility index (Phi) is 7.34. The molecule has 0 saturated carbocycles. The Morgan fingerprint density at radius 2 is 1.86 bits per heavy atom. The van der Waals surface area contributed by atoms with Crippen molar-refractivity contribution in [3.63, 3.8) is 0 Å². The summed E-state index contributed by atoms with van der Waals surface area (Å²) in [7, 11) is 1.32. The van der Waals surface area contributed by atoms with Gasteiger partial charge in [-0.15, -0.1) is 0 Å². The van der Waals surface area contributed by atoms with Gasteiger partial charge in [0.25, 0.3) is 0 Å². The summed E-state index contributed by atoms with van der Waals surface area (Å²) in [6.45, 7) is -1.60. The number of methoxy groups -OCH3 is 1. The standard InChI is InChI=1S/C19H17ClF2N2O4/c1-11(25)23-13-5-6-15(14(20)10-13)24-18(26)8-4-12-3-7-16(28-19(21)22)17(9-12)27-2/h3-10,19H,1-2H3,(H,23,25)(H,24,26)/b8-4+. The van der Waals surface area contributed by atoms with Gasteiger partial charge in [-0.25, -0.2) is 0 Å². The summed E-state index contributed by atoms with van der Waals surface area (Å²) in [6.07, 6.45) is 2.73. The van der Waals surface area contributed by atoms with Crippen LogP contribution >= 0.6 is 11.6 Å². The molecule has 2 amide bonds. The highest BCUT2D eigenvalue weighted by atomic mass is 35.5. The first-order chi connectivity index (χ1) is 13.3. The Morgan fingerprint density at radius 3 is 2.46 bits per heavy atom. The molecule has 2 rings (SSSR count). The van der Waals surface area contributed by atoms with Gasteiger partial charge in [-0.05, 0) is 42.0 Å². The molecular formula is C19H17ClF2N2O4. The zero-order chi connectivity index (χ0) is 20.7. The second-order valence-electron chi connectivity index (χ2n) is 5.49. The van der Waals surface area contributed by atoms with E-state index in [4.69, 9.17) is 16.3 Å². The third-order valence-electron chi connectivity index (χ3n) is 3.38. The Hall–Kier alpha value is -3.13. The van der Waals surface area contributed by atoms with Crippen molar-refractivity contribution in [2.45, 2.75) is 13.5 Å². The van der Waals surface area contributed by atoms with Crippen LogP contribution in [0.25, 0.3) is 6.08 Å². The number of carbonyl (C=O) groups excluding carboxylic acids is 2.